The number of nitriles is 1. The molecule has 1 atom stereocenters. The van der Waals surface area contributed by atoms with Gasteiger partial charge >= 0.3 is 6.09 Å². The summed E-state index contributed by atoms with van der Waals surface area (Å²) in [6, 6.07) is 30.4. The Labute approximate surface area is 321 Å². The average Bonchev–Trinajstić information content (AvgIpc) is 3.80. The number of thiophene rings is 1. The van der Waals surface area contributed by atoms with E-state index in [2.05, 4.69) is 22.0 Å². The minimum Gasteiger partial charge on any atom is -0.465 e. The standard InChI is InChI=1S/C41H37N5O6S2/c1-41(2,3)52-40(50)46-20-19-31-32(24-42)39(54-34(31)25-46)45-38(49)35(26-12-6-4-7-13-26)53-30-18-10-16-28(22-30)43-37(48)33(23-29-17-11-21-51-29)44-36(47)27-14-8-5-9-15-27/h4-18,21-23,35H,19-20,25H2,1-3H3,(H,43,48)(H,44,47)(H,45,49)/b33-23-. The van der Waals surface area contributed by atoms with Gasteiger partial charge in [-0.15, -0.1) is 23.1 Å². The Bertz CT molecular complexity index is 2220. The number of ether oxygens (including phenoxy) is 1. The molecule has 0 bridgehead atoms. The highest BCUT2D eigenvalue weighted by molar-refractivity contribution is 8.00. The lowest BCUT2D eigenvalue weighted by molar-refractivity contribution is -0.116. The maximum atomic E-state index is 14.1. The second kappa shape index (κ2) is 16.7. The van der Waals surface area contributed by atoms with Crippen LogP contribution in [0.1, 0.15) is 63.7 Å². The Morgan fingerprint density at radius 1 is 0.963 bits per heavy atom. The number of benzene rings is 3. The highest BCUT2D eigenvalue weighted by Gasteiger charge is 2.31. The second-order valence-corrected chi connectivity index (χ2v) is 15.5. The molecule has 13 heteroatoms. The van der Waals surface area contributed by atoms with Crippen molar-refractivity contribution in [2.45, 2.75) is 49.5 Å². The molecule has 1 aliphatic rings. The fourth-order valence-electron chi connectivity index (χ4n) is 5.61. The van der Waals surface area contributed by atoms with Crippen LogP contribution in [0.2, 0.25) is 0 Å². The third-order valence-corrected chi connectivity index (χ3v) is 10.5. The van der Waals surface area contributed by atoms with Crippen LogP contribution in [-0.2, 0) is 27.3 Å². The number of fused-ring (bicyclic) bond motifs is 1. The lowest BCUT2D eigenvalue weighted by atomic mass is 10.0. The van der Waals surface area contributed by atoms with Crippen LogP contribution in [0, 0.1) is 11.3 Å². The Morgan fingerprint density at radius 2 is 1.70 bits per heavy atom. The van der Waals surface area contributed by atoms with E-state index >= 15 is 0 Å². The number of thioether (sulfide) groups is 1. The largest absolute Gasteiger partial charge is 0.465 e. The first-order chi connectivity index (χ1) is 26.0. The first kappa shape index (κ1) is 37.7. The zero-order valence-electron chi connectivity index (χ0n) is 29.8. The van der Waals surface area contributed by atoms with Crippen LogP contribution in [0.5, 0.6) is 0 Å². The van der Waals surface area contributed by atoms with Crippen molar-refractivity contribution in [2.24, 2.45) is 0 Å². The van der Waals surface area contributed by atoms with E-state index in [1.54, 1.807) is 65.6 Å². The van der Waals surface area contributed by atoms with Crippen LogP contribution in [0.15, 0.2) is 118 Å². The number of amides is 4. The molecule has 0 saturated heterocycles. The Balaban J connectivity index is 1.20. The van der Waals surface area contributed by atoms with Crippen molar-refractivity contribution in [2.75, 3.05) is 17.2 Å². The van der Waals surface area contributed by atoms with Gasteiger partial charge in [0.1, 0.15) is 33.4 Å². The number of furan rings is 1. The maximum absolute atomic E-state index is 14.1. The van der Waals surface area contributed by atoms with Crippen molar-refractivity contribution in [3.63, 3.8) is 0 Å². The van der Waals surface area contributed by atoms with Gasteiger partial charge in [0.25, 0.3) is 11.8 Å². The van der Waals surface area contributed by atoms with Gasteiger partial charge < -0.3 is 30.0 Å². The number of carbonyl (C=O) groups is 4. The van der Waals surface area contributed by atoms with Gasteiger partial charge in [-0.1, -0.05) is 54.6 Å². The summed E-state index contributed by atoms with van der Waals surface area (Å²) in [5, 5.41) is 18.4. The van der Waals surface area contributed by atoms with E-state index in [0.717, 1.165) is 16.0 Å². The lowest BCUT2D eigenvalue weighted by Crippen LogP contribution is -2.39. The zero-order chi connectivity index (χ0) is 38.2. The number of anilines is 2. The van der Waals surface area contributed by atoms with E-state index in [1.807, 2.05) is 57.2 Å². The zero-order valence-corrected chi connectivity index (χ0v) is 31.4. The fraction of sp³-hybridized carbons (Fsp3) is 0.195. The topological polar surface area (TPSA) is 154 Å². The molecule has 0 aliphatic carbocycles. The van der Waals surface area contributed by atoms with Gasteiger partial charge in [0.15, 0.2) is 0 Å². The van der Waals surface area contributed by atoms with Crippen LogP contribution in [-0.4, -0.2) is 40.9 Å². The first-order valence-electron chi connectivity index (χ1n) is 17.1. The monoisotopic (exact) mass is 759 g/mol. The summed E-state index contributed by atoms with van der Waals surface area (Å²) in [7, 11) is 0. The van der Waals surface area contributed by atoms with Crippen molar-refractivity contribution in [1.29, 1.82) is 5.26 Å². The molecule has 0 radical (unpaired) electrons. The number of hydrogen-bond acceptors (Lipinski definition) is 9. The van der Waals surface area contributed by atoms with Crippen molar-refractivity contribution < 1.29 is 28.3 Å². The molecule has 1 aliphatic heterocycles. The smallest absolute Gasteiger partial charge is 0.410 e. The van der Waals surface area contributed by atoms with Crippen LogP contribution in [0.3, 0.4) is 0 Å². The predicted molar refractivity (Wildman–Crippen MR) is 209 cm³/mol. The summed E-state index contributed by atoms with van der Waals surface area (Å²) in [6.07, 6.45) is 2.95. The quantitative estimate of drug-likeness (QED) is 0.0948. The van der Waals surface area contributed by atoms with Gasteiger partial charge in [-0.25, -0.2) is 4.79 Å². The second-order valence-electron chi connectivity index (χ2n) is 13.2. The summed E-state index contributed by atoms with van der Waals surface area (Å²) in [5.41, 5.74) is 2.10. The van der Waals surface area contributed by atoms with Crippen LogP contribution in [0.4, 0.5) is 15.5 Å². The summed E-state index contributed by atoms with van der Waals surface area (Å²) < 4.78 is 11.0. The van der Waals surface area contributed by atoms with Crippen molar-refractivity contribution in [3.8, 4) is 6.07 Å². The Morgan fingerprint density at radius 3 is 2.39 bits per heavy atom. The van der Waals surface area contributed by atoms with Gasteiger partial charge in [-0.3, -0.25) is 14.4 Å². The third-order valence-electron chi connectivity index (χ3n) is 8.10. The molecule has 0 saturated carbocycles. The molecule has 2 aromatic heterocycles. The Kier molecular flexibility index (Phi) is 11.6. The molecule has 3 heterocycles. The molecule has 4 amide bonds. The molecule has 5 aromatic rings. The maximum Gasteiger partial charge on any atom is 0.410 e. The minimum absolute atomic E-state index is 0.0282. The Hall–Kier alpha value is -6.10. The molecule has 11 nitrogen and oxygen atoms in total. The highest BCUT2D eigenvalue weighted by Crippen LogP contribution is 2.41. The molecule has 3 N–H and O–H groups in total. The molecule has 0 spiro atoms. The summed E-state index contributed by atoms with van der Waals surface area (Å²) in [5.74, 6) is -1.00. The molecular weight excluding hydrogens is 723 g/mol. The molecule has 0 fully saturated rings. The molecule has 274 valence electrons. The van der Waals surface area contributed by atoms with E-state index in [0.29, 0.717) is 45.4 Å². The van der Waals surface area contributed by atoms with Crippen LogP contribution < -0.4 is 16.0 Å². The summed E-state index contributed by atoms with van der Waals surface area (Å²) in [6.45, 7) is 6.12. The van der Waals surface area contributed by atoms with E-state index < -0.39 is 28.8 Å². The van der Waals surface area contributed by atoms with E-state index in [1.165, 1.54) is 35.4 Å². The van der Waals surface area contributed by atoms with Crippen molar-refractivity contribution in [1.82, 2.24) is 10.2 Å². The van der Waals surface area contributed by atoms with E-state index in [4.69, 9.17) is 9.15 Å². The molecule has 6 rings (SSSR count). The predicted octanol–water partition coefficient (Wildman–Crippen LogP) is 8.39. The third kappa shape index (κ3) is 9.46. The molecule has 54 heavy (non-hydrogen) atoms. The number of nitrogens with one attached hydrogen (secondary N) is 3. The van der Waals surface area contributed by atoms with E-state index in [9.17, 15) is 24.4 Å². The average molecular weight is 760 g/mol. The number of hydrogen-bond donors (Lipinski definition) is 3. The van der Waals surface area contributed by atoms with Gasteiger partial charge in [-0.2, -0.15) is 5.26 Å². The molecule has 1 unspecified atom stereocenters. The SMILES string of the molecule is CC(C)(C)OC(=O)N1CCc2c(sc(NC(=O)C(Sc3cccc(NC(=O)/C(=C/c4ccco4)NC(=O)c4ccccc4)c3)c3ccccc3)c2C#N)C1. The summed E-state index contributed by atoms with van der Waals surface area (Å²) >= 11 is 2.56. The number of rotatable bonds is 10. The normalized spacial score (nSPS) is 13.2. The summed E-state index contributed by atoms with van der Waals surface area (Å²) in [4.78, 5) is 56.6. The number of carbonyl (C=O) groups excluding carboxylic acids is 4. The van der Waals surface area contributed by atoms with Crippen LogP contribution >= 0.6 is 23.1 Å². The fourth-order valence-corrected chi connectivity index (χ4v) is 7.91. The first-order valence-corrected chi connectivity index (χ1v) is 18.7. The molecular formula is C41H37N5O6S2. The lowest BCUT2D eigenvalue weighted by Gasteiger charge is -2.29. The van der Waals surface area contributed by atoms with E-state index in [-0.39, 0.29) is 18.1 Å². The number of nitrogens with zero attached hydrogens (tertiary/aromatic N) is 2. The highest BCUT2D eigenvalue weighted by atomic mass is 32.2. The van der Waals surface area contributed by atoms with Gasteiger partial charge in [-0.05, 0) is 80.8 Å². The van der Waals surface area contributed by atoms with Gasteiger partial charge in [0.2, 0.25) is 5.91 Å². The van der Waals surface area contributed by atoms with Crippen LogP contribution in [0.25, 0.3) is 6.08 Å². The van der Waals surface area contributed by atoms with Gasteiger partial charge in [0.05, 0.1) is 18.4 Å². The van der Waals surface area contributed by atoms with Crippen molar-refractivity contribution >= 4 is 63.7 Å². The van der Waals surface area contributed by atoms with Crippen molar-refractivity contribution in [3.05, 3.63) is 142 Å². The molecule has 3 aromatic carbocycles. The minimum atomic E-state index is -0.736. The van der Waals surface area contributed by atoms with Gasteiger partial charge in [0, 0.05) is 33.6 Å².